The van der Waals surface area contributed by atoms with E-state index in [4.69, 9.17) is 16.6 Å². The second kappa shape index (κ2) is 3.53. The number of hydrogen-bond acceptors (Lipinski definition) is 5. The molecule has 1 heterocycles. The molecule has 0 amide bonds. The molecule has 0 unspecified atom stereocenters. The summed E-state index contributed by atoms with van der Waals surface area (Å²) in [5.41, 5.74) is 11.0. The highest BCUT2D eigenvalue weighted by Crippen LogP contribution is 2.07. The summed E-state index contributed by atoms with van der Waals surface area (Å²) in [7, 11) is 0. The maximum atomic E-state index is 10.1. The van der Waals surface area contributed by atoms with Gasteiger partial charge in [0, 0.05) is 6.08 Å². The number of nitrogens with two attached hydrogens (primary N) is 2. The van der Waals surface area contributed by atoms with Crippen molar-refractivity contribution in [1.82, 2.24) is 9.97 Å². The molecule has 1 rings (SSSR count). The van der Waals surface area contributed by atoms with Crippen molar-refractivity contribution in [3.05, 3.63) is 18.0 Å². The third-order valence-electron chi connectivity index (χ3n) is 1.24. The Morgan fingerprint density at radius 1 is 1.46 bits per heavy atom. The molecule has 0 aliphatic heterocycles. The number of aliphatic carboxylic acids is 1. The molecule has 0 atom stereocenters. The number of anilines is 2. The summed E-state index contributed by atoms with van der Waals surface area (Å²) in [6.45, 7) is 0. The van der Waals surface area contributed by atoms with E-state index in [0.29, 0.717) is 5.69 Å². The van der Waals surface area contributed by atoms with Crippen molar-refractivity contribution >= 4 is 23.7 Å². The molecule has 0 fully saturated rings. The van der Waals surface area contributed by atoms with Crippen LogP contribution in [0.25, 0.3) is 6.08 Å². The minimum atomic E-state index is -1.06. The minimum absolute atomic E-state index is 0.0903. The Hall–Kier alpha value is -2.11. The first-order chi connectivity index (χ1) is 6.09. The van der Waals surface area contributed by atoms with Gasteiger partial charge in [-0.05, 0) is 6.08 Å². The average molecular weight is 180 g/mol. The number of rotatable bonds is 2. The lowest BCUT2D eigenvalue weighted by Gasteiger charge is -1.97. The van der Waals surface area contributed by atoms with Gasteiger partial charge in [-0.15, -0.1) is 0 Å². The fraction of sp³-hybridized carbons (Fsp3) is 0. The number of hydrogen-bond donors (Lipinski definition) is 3. The quantitative estimate of drug-likeness (QED) is 0.540. The minimum Gasteiger partial charge on any atom is -0.478 e. The molecule has 0 aromatic carbocycles. The number of carbonyl (C=O) groups is 1. The Kier molecular flexibility index (Phi) is 2.44. The summed E-state index contributed by atoms with van der Waals surface area (Å²) >= 11 is 0. The van der Waals surface area contributed by atoms with Crippen LogP contribution in [0.2, 0.25) is 0 Å². The summed E-state index contributed by atoms with van der Waals surface area (Å²) in [4.78, 5) is 17.6. The van der Waals surface area contributed by atoms with Gasteiger partial charge in [0.05, 0.1) is 11.9 Å². The number of carboxylic acid groups (broad SMARTS) is 1. The first kappa shape index (κ1) is 8.98. The standard InChI is InChI=1S/C7H8N4O2/c8-6-7(9)11-4(3-10-6)1-2-5(12)13/h1-3H,(H2,8,10)(H2,9,11)(H,12,13). The van der Waals surface area contributed by atoms with Crippen LogP contribution in [0.1, 0.15) is 5.69 Å². The van der Waals surface area contributed by atoms with Gasteiger partial charge < -0.3 is 16.6 Å². The summed E-state index contributed by atoms with van der Waals surface area (Å²) in [5, 5.41) is 8.31. The molecule has 1 aromatic heterocycles. The largest absolute Gasteiger partial charge is 0.478 e. The van der Waals surface area contributed by atoms with Crippen molar-refractivity contribution in [3.63, 3.8) is 0 Å². The number of nitrogens with zero attached hydrogens (tertiary/aromatic N) is 2. The Morgan fingerprint density at radius 3 is 2.69 bits per heavy atom. The van der Waals surface area contributed by atoms with Crippen LogP contribution >= 0.6 is 0 Å². The molecule has 5 N–H and O–H groups in total. The monoisotopic (exact) mass is 180 g/mol. The van der Waals surface area contributed by atoms with E-state index < -0.39 is 5.97 Å². The summed E-state index contributed by atoms with van der Waals surface area (Å²) < 4.78 is 0. The molecule has 0 saturated heterocycles. The molecule has 1 aromatic rings. The highest BCUT2D eigenvalue weighted by Gasteiger charge is 1.97. The van der Waals surface area contributed by atoms with Gasteiger partial charge in [-0.3, -0.25) is 0 Å². The second-order valence-electron chi connectivity index (χ2n) is 2.24. The van der Waals surface area contributed by atoms with Crippen LogP contribution in [-0.2, 0) is 4.79 Å². The first-order valence-electron chi connectivity index (χ1n) is 3.38. The molecular weight excluding hydrogens is 172 g/mol. The van der Waals surface area contributed by atoms with E-state index in [2.05, 4.69) is 9.97 Å². The van der Waals surface area contributed by atoms with Crippen LogP contribution in [0.5, 0.6) is 0 Å². The van der Waals surface area contributed by atoms with Crippen molar-refractivity contribution in [2.75, 3.05) is 11.5 Å². The van der Waals surface area contributed by atoms with Gasteiger partial charge in [-0.2, -0.15) is 0 Å². The number of carboxylic acids is 1. The zero-order chi connectivity index (χ0) is 9.84. The van der Waals surface area contributed by atoms with Crippen LogP contribution < -0.4 is 11.5 Å². The van der Waals surface area contributed by atoms with Gasteiger partial charge in [-0.25, -0.2) is 14.8 Å². The predicted octanol–water partition coefficient (Wildman–Crippen LogP) is -0.261. The van der Waals surface area contributed by atoms with Crippen LogP contribution in [0.3, 0.4) is 0 Å². The third kappa shape index (κ3) is 2.44. The van der Waals surface area contributed by atoms with Gasteiger partial charge in [0.15, 0.2) is 11.6 Å². The smallest absolute Gasteiger partial charge is 0.328 e. The highest BCUT2D eigenvalue weighted by atomic mass is 16.4. The second-order valence-corrected chi connectivity index (χ2v) is 2.24. The van der Waals surface area contributed by atoms with Crippen molar-refractivity contribution in [3.8, 4) is 0 Å². The Labute approximate surface area is 73.9 Å². The van der Waals surface area contributed by atoms with E-state index in [-0.39, 0.29) is 11.6 Å². The molecule has 0 bridgehead atoms. The lowest BCUT2D eigenvalue weighted by molar-refractivity contribution is -0.131. The van der Waals surface area contributed by atoms with Crippen molar-refractivity contribution in [1.29, 1.82) is 0 Å². The topological polar surface area (TPSA) is 115 Å². The summed E-state index contributed by atoms with van der Waals surface area (Å²) in [5.74, 6) is -0.836. The Balaban J connectivity index is 2.92. The zero-order valence-electron chi connectivity index (χ0n) is 6.64. The van der Waals surface area contributed by atoms with Crippen molar-refractivity contribution in [2.24, 2.45) is 0 Å². The molecule has 0 radical (unpaired) electrons. The fourth-order valence-corrected chi connectivity index (χ4v) is 0.664. The van der Waals surface area contributed by atoms with E-state index in [0.717, 1.165) is 6.08 Å². The molecule has 0 saturated carbocycles. The molecule has 6 heteroatoms. The molecule has 68 valence electrons. The van der Waals surface area contributed by atoms with Gasteiger partial charge in [0.2, 0.25) is 0 Å². The van der Waals surface area contributed by atoms with E-state index in [1.54, 1.807) is 0 Å². The van der Waals surface area contributed by atoms with Crippen molar-refractivity contribution in [2.45, 2.75) is 0 Å². The number of aromatic nitrogens is 2. The molecular formula is C7H8N4O2. The van der Waals surface area contributed by atoms with Crippen molar-refractivity contribution < 1.29 is 9.90 Å². The molecule has 6 nitrogen and oxygen atoms in total. The zero-order valence-corrected chi connectivity index (χ0v) is 6.64. The Morgan fingerprint density at radius 2 is 2.15 bits per heavy atom. The highest BCUT2D eigenvalue weighted by molar-refractivity contribution is 5.84. The first-order valence-corrected chi connectivity index (χ1v) is 3.38. The average Bonchev–Trinajstić information content (AvgIpc) is 2.07. The summed E-state index contributed by atoms with van der Waals surface area (Å²) in [6, 6.07) is 0. The molecule has 0 spiro atoms. The predicted molar refractivity (Wildman–Crippen MR) is 47.5 cm³/mol. The fourth-order valence-electron chi connectivity index (χ4n) is 0.664. The van der Waals surface area contributed by atoms with Crippen LogP contribution in [0, 0.1) is 0 Å². The van der Waals surface area contributed by atoms with E-state index in [1.807, 2.05) is 0 Å². The Bertz CT molecular complexity index is 362. The SMILES string of the molecule is Nc1ncc(C=CC(=O)O)nc1N. The third-order valence-corrected chi connectivity index (χ3v) is 1.24. The lowest BCUT2D eigenvalue weighted by atomic mass is 10.4. The van der Waals surface area contributed by atoms with Gasteiger partial charge in [-0.1, -0.05) is 0 Å². The van der Waals surface area contributed by atoms with Crippen LogP contribution in [0.4, 0.5) is 11.6 Å². The van der Waals surface area contributed by atoms with E-state index in [9.17, 15) is 4.79 Å². The lowest BCUT2D eigenvalue weighted by Crippen LogP contribution is -2.01. The van der Waals surface area contributed by atoms with E-state index in [1.165, 1.54) is 12.3 Å². The van der Waals surface area contributed by atoms with Gasteiger partial charge in [0.25, 0.3) is 0 Å². The van der Waals surface area contributed by atoms with Crippen LogP contribution in [0.15, 0.2) is 12.3 Å². The maximum Gasteiger partial charge on any atom is 0.328 e. The number of nitrogen functional groups attached to an aromatic ring is 2. The molecule has 13 heavy (non-hydrogen) atoms. The van der Waals surface area contributed by atoms with Gasteiger partial charge >= 0.3 is 5.97 Å². The summed E-state index contributed by atoms with van der Waals surface area (Å²) in [6.07, 6.45) is 3.57. The molecule has 0 aliphatic rings. The maximum absolute atomic E-state index is 10.1. The van der Waals surface area contributed by atoms with E-state index >= 15 is 0 Å². The van der Waals surface area contributed by atoms with Gasteiger partial charge in [0.1, 0.15) is 0 Å². The normalized spacial score (nSPS) is 10.5. The molecule has 0 aliphatic carbocycles. The van der Waals surface area contributed by atoms with Crippen LogP contribution in [-0.4, -0.2) is 21.0 Å².